The summed E-state index contributed by atoms with van der Waals surface area (Å²) in [5.41, 5.74) is 7.58. The smallest absolute Gasteiger partial charge is 0.250 e. The SMILES string of the molecule is CCC(CCn1ccc2c(Cl)ncnc21)CN(CC#Cc1ccc(Cl)c(C(N)=O)c1)C(=O)CC(C)(C)C1=C(C)C(=O)C(C)=C(C)C1=O. The van der Waals surface area contributed by atoms with Gasteiger partial charge in [-0.1, -0.05) is 62.2 Å². The van der Waals surface area contributed by atoms with Crippen LogP contribution in [0.5, 0.6) is 0 Å². The average Bonchev–Trinajstić information content (AvgIpc) is 3.44. The molecule has 1 aliphatic carbocycles. The summed E-state index contributed by atoms with van der Waals surface area (Å²) in [6.07, 6.45) is 4.93. The van der Waals surface area contributed by atoms with E-state index in [1.807, 2.05) is 30.7 Å². The molecule has 2 aromatic heterocycles. The van der Waals surface area contributed by atoms with Crippen molar-refractivity contribution in [2.75, 3.05) is 13.1 Å². The number of hydrogen-bond donors (Lipinski definition) is 1. The molecule has 0 aliphatic heterocycles. The van der Waals surface area contributed by atoms with E-state index in [1.165, 1.54) is 12.4 Å². The maximum absolute atomic E-state index is 14.1. The molecule has 1 aliphatic rings. The zero-order valence-corrected chi connectivity index (χ0v) is 29.1. The molecule has 1 atom stereocenters. The molecule has 0 spiro atoms. The maximum Gasteiger partial charge on any atom is 0.250 e. The molecule has 0 fully saturated rings. The highest BCUT2D eigenvalue weighted by Gasteiger charge is 2.39. The van der Waals surface area contributed by atoms with E-state index in [4.69, 9.17) is 28.9 Å². The molecule has 1 aromatic carbocycles. The molecule has 0 bridgehead atoms. The van der Waals surface area contributed by atoms with Crippen LogP contribution in [0.1, 0.15) is 76.7 Å². The second-order valence-corrected chi connectivity index (χ2v) is 13.3. The van der Waals surface area contributed by atoms with Gasteiger partial charge in [-0.15, -0.1) is 0 Å². The first-order valence-corrected chi connectivity index (χ1v) is 16.2. The fourth-order valence-corrected chi connectivity index (χ4v) is 6.38. The van der Waals surface area contributed by atoms with Crippen molar-refractivity contribution in [2.24, 2.45) is 17.1 Å². The fourth-order valence-electron chi connectivity index (χ4n) is 5.98. The van der Waals surface area contributed by atoms with Crippen LogP contribution in [0.15, 0.2) is 59.1 Å². The topological polar surface area (TPSA) is 128 Å². The number of primary amides is 1. The second kappa shape index (κ2) is 14.7. The molecule has 246 valence electrons. The quantitative estimate of drug-likeness (QED) is 0.143. The van der Waals surface area contributed by atoms with Gasteiger partial charge in [0.15, 0.2) is 11.6 Å². The Morgan fingerprint density at radius 1 is 1.04 bits per heavy atom. The molecule has 2 heterocycles. The van der Waals surface area contributed by atoms with Gasteiger partial charge in [0.1, 0.15) is 17.1 Å². The van der Waals surface area contributed by atoms with Crippen molar-refractivity contribution >= 4 is 57.6 Å². The lowest BCUT2D eigenvalue weighted by molar-refractivity contribution is -0.133. The van der Waals surface area contributed by atoms with E-state index in [2.05, 4.69) is 28.7 Å². The van der Waals surface area contributed by atoms with Crippen molar-refractivity contribution in [1.82, 2.24) is 19.4 Å². The summed E-state index contributed by atoms with van der Waals surface area (Å²) in [6, 6.07) is 6.66. The number of aryl methyl sites for hydroxylation is 1. The Labute approximate surface area is 285 Å². The van der Waals surface area contributed by atoms with Crippen molar-refractivity contribution in [1.29, 1.82) is 0 Å². The molecule has 0 saturated carbocycles. The minimum atomic E-state index is -0.904. The van der Waals surface area contributed by atoms with E-state index in [1.54, 1.807) is 37.8 Å². The van der Waals surface area contributed by atoms with Crippen LogP contribution in [0.2, 0.25) is 10.2 Å². The van der Waals surface area contributed by atoms with Gasteiger partial charge in [-0.05, 0) is 57.4 Å². The maximum atomic E-state index is 14.1. The van der Waals surface area contributed by atoms with E-state index >= 15 is 0 Å². The van der Waals surface area contributed by atoms with Crippen LogP contribution < -0.4 is 5.73 Å². The standard InChI is InChI=1S/C36H39Cl2N5O4/c1-7-24(12-15-42-16-13-26-33(38)40-20-41-35(26)42)19-43(14-8-9-25-10-11-28(37)27(17-25)34(39)47)29(44)18-36(5,6)30-23(4)31(45)21(2)22(3)32(30)46/h10-11,13,16-17,20,24H,7,12,14-15,18-19H2,1-6H3,(H2,39,47). The lowest BCUT2D eigenvalue weighted by Crippen LogP contribution is -2.40. The summed E-state index contributed by atoms with van der Waals surface area (Å²) in [7, 11) is 0. The van der Waals surface area contributed by atoms with Crippen molar-refractivity contribution in [2.45, 2.75) is 67.3 Å². The van der Waals surface area contributed by atoms with Crippen LogP contribution in [0.4, 0.5) is 0 Å². The zero-order chi connectivity index (χ0) is 34.6. The number of fused-ring (bicyclic) bond motifs is 1. The summed E-state index contributed by atoms with van der Waals surface area (Å²) >= 11 is 12.3. The molecular weight excluding hydrogens is 637 g/mol. The van der Waals surface area contributed by atoms with E-state index < -0.39 is 11.3 Å². The van der Waals surface area contributed by atoms with Gasteiger partial charge in [0.05, 0.1) is 22.5 Å². The van der Waals surface area contributed by atoms with Crippen LogP contribution in [0, 0.1) is 23.2 Å². The van der Waals surface area contributed by atoms with E-state index in [9.17, 15) is 19.2 Å². The van der Waals surface area contributed by atoms with Crippen LogP contribution >= 0.6 is 23.2 Å². The monoisotopic (exact) mass is 675 g/mol. The van der Waals surface area contributed by atoms with Gasteiger partial charge in [-0.3, -0.25) is 19.2 Å². The Bertz CT molecular complexity index is 1890. The van der Waals surface area contributed by atoms with Gasteiger partial charge in [0.25, 0.3) is 0 Å². The third-order valence-corrected chi connectivity index (χ3v) is 9.52. The van der Waals surface area contributed by atoms with Crippen molar-refractivity contribution in [3.05, 3.63) is 80.4 Å². The number of halogens is 2. The number of rotatable bonds is 11. The number of carbonyl (C=O) groups is 4. The lowest BCUT2D eigenvalue weighted by atomic mass is 9.71. The molecule has 2 N–H and O–H groups in total. The largest absolute Gasteiger partial charge is 0.366 e. The number of allylic oxidation sites excluding steroid dienone is 4. The Kier molecular flexibility index (Phi) is 11.1. The van der Waals surface area contributed by atoms with Crippen LogP contribution in [-0.2, 0) is 20.9 Å². The van der Waals surface area contributed by atoms with E-state index in [0.717, 1.165) is 23.9 Å². The molecule has 0 saturated heterocycles. The lowest BCUT2D eigenvalue weighted by Gasteiger charge is -2.34. The van der Waals surface area contributed by atoms with Crippen molar-refractivity contribution < 1.29 is 19.2 Å². The third kappa shape index (κ3) is 7.83. The fraction of sp³-hybridized carbons (Fsp3) is 0.389. The Morgan fingerprint density at radius 2 is 1.74 bits per heavy atom. The average molecular weight is 677 g/mol. The summed E-state index contributed by atoms with van der Waals surface area (Å²) in [5, 5.41) is 1.41. The molecule has 11 heteroatoms. The minimum absolute atomic E-state index is 0.00750. The number of benzene rings is 1. The minimum Gasteiger partial charge on any atom is -0.366 e. The second-order valence-electron chi connectivity index (χ2n) is 12.6. The number of amides is 2. The van der Waals surface area contributed by atoms with Gasteiger partial charge < -0.3 is 15.2 Å². The first-order valence-electron chi connectivity index (χ1n) is 15.5. The summed E-state index contributed by atoms with van der Waals surface area (Å²) in [4.78, 5) is 62.3. The highest BCUT2D eigenvalue weighted by Crippen LogP contribution is 2.39. The van der Waals surface area contributed by atoms with E-state index in [0.29, 0.717) is 46.1 Å². The molecule has 3 aromatic rings. The van der Waals surface area contributed by atoms with Crippen LogP contribution in [-0.4, -0.2) is 55.9 Å². The van der Waals surface area contributed by atoms with Crippen LogP contribution in [0.3, 0.4) is 0 Å². The van der Waals surface area contributed by atoms with Crippen molar-refractivity contribution in [3.63, 3.8) is 0 Å². The highest BCUT2D eigenvalue weighted by molar-refractivity contribution is 6.34. The first kappa shape index (κ1) is 35.6. The van der Waals surface area contributed by atoms with Gasteiger partial charge in [0.2, 0.25) is 11.8 Å². The zero-order valence-electron chi connectivity index (χ0n) is 27.5. The van der Waals surface area contributed by atoms with E-state index in [-0.39, 0.29) is 46.9 Å². The molecule has 4 rings (SSSR count). The summed E-state index contributed by atoms with van der Waals surface area (Å²) in [6.45, 7) is 11.9. The van der Waals surface area contributed by atoms with Gasteiger partial charge >= 0.3 is 0 Å². The molecule has 1 unspecified atom stereocenters. The number of nitrogens with zero attached hydrogens (tertiary/aromatic N) is 4. The number of Topliss-reactive ketones (excluding diaryl/α,β-unsaturated/α-hetero) is 2. The Balaban J connectivity index is 1.59. The Morgan fingerprint density at radius 3 is 2.43 bits per heavy atom. The number of hydrogen-bond acceptors (Lipinski definition) is 6. The summed E-state index contributed by atoms with van der Waals surface area (Å²) in [5.74, 6) is 5.00. The molecule has 9 nitrogen and oxygen atoms in total. The van der Waals surface area contributed by atoms with Gasteiger partial charge in [0, 0.05) is 59.0 Å². The molecule has 2 amide bonds. The number of nitrogens with two attached hydrogens (primary N) is 1. The van der Waals surface area contributed by atoms with Gasteiger partial charge in [-0.2, -0.15) is 0 Å². The summed E-state index contributed by atoms with van der Waals surface area (Å²) < 4.78 is 2.02. The first-order chi connectivity index (χ1) is 22.2. The van der Waals surface area contributed by atoms with Crippen molar-refractivity contribution in [3.8, 4) is 11.8 Å². The molecule has 0 radical (unpaired) electrons. The molecular formula is C36H39Cl2N5O4. The number of aromatic nitrogens is 3. The predicted octanol–water partition coefficient (Wildman–Crippen LogP) is 6.35. The predicted molar refractivity (Wildman–Crippen MR) is 184 cm³/mol. The number of ketones is 2. The Hall–Kier alpha value is -4.26. The molecule has 47 heavy (non-hydrogen) atoms. The van der Waals surface area contributed by atoms with Gasteiger partial charge in [-0.25, -0.2) is 9.97 Å². The third-order valence-electron chi connectivity index (χ3n) is 8.89. The highest BCUT2D eigenvalue weighted by atomic mass is 35.5. The van der Waals surface area contributed by atoms with Crippen LogP contribution in [0.25, 0.3) is 11.0 Å². The normalized spacial score (nSPS) is 14.4. The number of carbonyl (C=O) groups excluding carboxylic acids is 4.